The van der Waals surface area contributed by atoms with E-state index in [2.05, 4.69) is 4.98 Å². The van der Waals surface area contributed by atoms with Gasteiger partial charge in [0.05, 0.1) is 9.92 Å². The maximum Gasteiger partial charge on any atom is 0.254 e. The number of thioether (sulfide) groups is 1. The monoisotopic (exact) mass is 419 g/mol. The van der Waals surface area contributed by atoms with Crippen LogP contribution in [-0.2, 0) is 10.0 Å². The van der Waals surface area contributed by atoms with Gasteiger partial charge in [-0.1, -0.05) is 13.0 Å². The second-order valence-corrected chi connectivity index (χ2v) is 9.98. The third-order valence-electron chi connectivity index (χ3n) is 4.92. The van der Waals surface area contributed by atoms with E-state index in [0.29, 0.717) is 36.6 Å². The molecule has 0 bridgehead atoms. The fourth-order valence-corrected chi connectivity index (χ4v) is 5.26. The van der Waals surface area contributed by atoms with Gasteiger partial charge in [-0.15, -0.1) is 11.8 Å². The van der Waals surface area contributed by atoms with Crippen molar-refractivity contribution >= 4 is 27.7 Å². The molecule has 0 spiro atoms. The van der Waals surface area contributed by atoms with Gasteiger partial charge in [-0.2, -0.15) is 4.31 Å². The molecule has 1 aliphatic heterocycles. The van der Waals surface area contributed by atoms with Crippen LogP contribution in [0.25, 0.3) is 0 Å². The van der Waals surface area contributed by atoms with Crippen LogP contribution >= 0.6 is 11.8 Å². The first-order chi connectivity index (χ1) is 13.3. The molecule has 1 aromatic heterocycles. The summed E-state index contributed by atoms with van der Waals surface area (Å²) in [5.74, 6) is 0.809. The Hall–Kier alpha value is -1.90. The molecular formula is C20H25N3O3S2. The third kappa shape index (κ3) is 4.39. The Kier molecular flexibility index (Phi) is 6.42. The molecule has 3 rings (SSSR count). The van der Waals surface area contributed by atoms with E-state index in [9.17, 15) is 13.2 Å². The van der Waals surface area contributed by atoms with E-state index in [1.165, 1.54) is 4.31 Å². The molecule has 28 heavy (non-hydrogen) atoms. The van der Waals surface area contributed by atoms with Crippen LogP contribution in [0.5, 0.6) is 0 Å². The Labute approximate surface area is 171 Å². The molecule has 2 heterocycles. The molecule has 0 aliphatic carbocycles. The molecule has 1 amide bonds. The number of nitrogens with zero attached hydrogens (tertiary/aromatic N) is 3. The summed E-state index contributed by atoms with van der Waals surface area (Å²) in [6, 6.07) is 8.71. The SMILES string of the molecule is CCSc1cc(C(=O)N2CCN(S(=O)(=O)c3ccc(C)c(C)c3)CC2)ccn1. The minimum Gasteiger partial charge on any atom is -0.336 e. The summed E-state index contributed by atoms with van der Waals surface area (Å²) in [5.41, 5.74) is 2.61. The number of amides is 1. The molecule has 1 aromatic carbocycles. The number of pyridine rings is 1. The lowest BCUT2D eigenvalue weighted by atomic mass is 10.1. The molecule has 1 saturated heterocycles. The topological polar surface area (TPSA) is 70.6 Å². The Balaban J connectivity index is 1.69. The maximum absolute atomic E-state index is 12.9. The van der Waals surface area contributed by atoms with Crippen molar-refractivity contribution in [2.45, 2.75) is 30.7 Å². The number of aryl methyl sites for hydroxylation is 2. The number of rotatable bonds is 5. The lowest BCUT2D eigenvalue weighted by Gasteiger charge is -2.34. The molecule has 150 valence electrons. The summed E-state index contributed by atoms with van der Waals surface area (Å²) in [5, 5.41) is 0.823. The van der Waals surface area contributed by atoms with E-state index in [0.717, 1.165) is 21.9 Å². The molecule has 2 aromatic rings. The predicted molar refractivity (Wildman–Crippen MR) is 111 cm³/mol. The number of carbonyl (C=O) groups is 1. The standard InChI is InChI=1S/C20H25N3O3S2/c1-4-27-19-14-17(7-8-21-19)20(24)22-9-11-23(12-10-22)28(25,26)18-6-5-15(2)16(3)13-18/h5-8,13-14H,4,9-12H2,1-3H3. The van der Waals surface area contributed by atoms with E-state index in [1.54, 1.807) is 47.1 Å². The van der Waals surface area contributed by atoms with Gasteiger partial charge >= 0.3 is 0 Å². The van der Waals surface area contributed by atoms with Gasteiger partial charge in [0.1, 0.15) is 0 Å². The highest BCUT2D eigenvalue weighted by molar-refractivity contribution is 7.99. The highest BCUT2D eigenvalue weighted by Gasteiger charge is 2.30. The molecule has 0 N–H and O–H groups in total. The normalized spacial score (nSPS) is 15.6. The minimum atomic E-state index is -3.55. The van der Waals surface area contributed by atoms with Gasteiger partial charge in [0.25, 0.3) is 5.91 Å². The van der Waals surface area contributed by atoms with Crippen molar-refractivity contribution in [3.63, 3.8) is 0 Å². The molecule has 0 saturated carbocycles. The first-order valence-corrected chi connectivity index (χ1v) is 11.7. The molecule has 0 radical (unpaired) electrons. The van der Waals surface area contributed by atoms with Crippen molar-refractivity contribution in [1.29, 1.82) is 0 Å². The third-order valence-corrected chi connectivity index (χ3v) is 7.62. The lowest BCUT2D eigenvalue weighted by Crippen LogP contribution is -2.50. The van der Waals surface area contributed by atoms with Crippen LogP contribution < -0.4 is 0 Å². The molecular weight excluding hydrogens is 394 g/mol. The van der Waals surface area contributed by atoms with Gasteiger partial charge < -0.3 is 4.90 Å². The van der Waals surface area contributed by atoms with E-state index < -0.39 is 10.0 Å². The Bertz CT molecular complexity index is 968. The Morgan fingerprint density at radius 3 is 2.43 bits per heavy atom. The quantitative estimate of drug-likeness (QED) is 0.697. The smallest absolute Gasteiger partial charge is 0.254 e. The largest absolute Gasteiger partial charge is 0.336 e. The number of hydrogen-bond donors (Lipinski definition) is 0. The number of aromatic nitrogens is 1. The average Bonchev–Trinajstić information content (AvgIpc) is 2.70. The van der Waals surface area contributed by atoms with Gasteiger partial charge in [-0.25, -0.2) is 13.4 Å². The zero-order chi connectivity index (χ0) is 20.3. The van der Waals surface area contributed by atoms with Crippen LogP contribution in [0.15, 0.2) is 46.5 Å². The first kappa shape index (κ1) is 20.8. The zero-order valence-electron chi connectivity index (χ0n) is 16.4. The summed E-state index contributed by atoms with van der Waals surface area (Å²) < 4.78 is 27.3. The number of piperazine rings is 1. The Morgan fingerprint density at radius 2 is 1.79 bits per heavy atom. The summed E-state index contributed by atoms with van der Waals surface area (Å²) in [4.78, 5) is 19.1. The summed E-state index contributed by atoms with van der Waals surface area (Å²) in [6.07, 6.45) is 1.64. The van der Waals surface area contributed by atoms with E-state index in [-0.39, 0.29) is 5.91 Å². The van der Waals surface area contributed by atoms with Crippen molar-refractivity contribution < 1.29 is 13.2 Å². The van der Waals surface area contributed by atoms with Gasteiger partial charge in [0.15, 0.2) is 0 Å². The van der Waals surface area contributed by atoms with Gasteiger partial charge in [0, 0.05) is 37.9 Å². The highest BCUT2D eigenvalue weighted by Crippen LogP contribution is 2.22. The van der Waals surface area contributed by atoms with E-state index in [4.69, 9.17) is 0 Å². The van der Waals surface area contributed by atoms with Crippen molar-refractivity contribution in [2.75, 3.05) is 31.9 Å². The van der Waals surface area contributed by atoms with Crippen molar-refractivity contribution in [2.24, 2.45) is 0 Å². The van der Waals surface area contributed by atoms with Crippen LogP contribution in [0.3, 0.4) is 0 Å². The van der Waals surface area contributed by atoms with Crippen molar-refractivity contribution in [3.8, 4) is 0 Å². The van der Waals surface area contributed by atoms with Crippen LogP contribution in [0.1, 0.15) is 28.4 Å². The molecule has 0 atom stereocenters. The fraction of sp³-hybridized carbons (Fsp3) is 0.400. The minimum absolute atomic E-state index is 0.0800. The zero-order valence-corrected chi connectivity index (χ0v) is 18.0. The van der Waals surface area contributed by atoms with Crippen LogP contribution in [0.4, 0.5) is 0 Å². The predicted octanol–water partition coefficient (Wildman–Crippen LogP) is 2.96. The van der Waals surface area contributed by atoms with Gasteiger partial charge in [-0.3, -0.25) is 4.79 Å². The van der Waals surface area contributed by atoms with Crippen molar-refractivity contribution in [3.05, 3.63) is 53.2 Å². The van der Waals surface area contributed by atoms with Crippen LogP contribution in [0.2, 0.25) is 0 Å². The average molecular weight is 420 g/mol. The van der Waals surface area contributed by atoms with E-state index in [1.807, 2.05) is 26.8 Å². The van der Waals surface area contributed by atoms with Crippen LogP contribution in [-0.4, -0.2) is 60.4 Å². The molecule has 0 unspecified atom stereocenters. The Morgan fingerprint density at radius 1 is 1.07 bits per heavy atom. The van der Waals surface area contributed by atoms with Crippen molar-refractivity contribution in [1.82, 2.24) is 14.2 Å². The first-order valence-electron chi connectivity index (χ1n) is 9.28. The number of benzene rings is 1. The molecule has 8 heteroatoms. The molecule has 1 fully saturated rings. The number of sulfonamides is 1. The highest BCUT2D eigenvalue weighted by atomic mass is 32.2. The number of carbonyl (C=O) groups excluding carboxylic acids is 1. The lowest BCUT2D eigenvalue weighted by molar-refractivity contribution is 0.0697. The van der Waals surface area contributed by atoms with Crippen LogP contribution in [0, 0.1) is 13.8 Å². The molecule has 6 nitrogen and oxygen atoms in total. The fourth-order valence-electron chi connectivity index (χ4n) is 3.11. The second-order valence-electron chi connectivity index (χ2n) is 6.76. The number of hydrogen-bond acceptors (Lipinski definition) is 5. The van der Waals surface area contributed by atoms with Gasteiger partial charge in [-0.05, 0) is 55.0 Å². The van der Waals surface area contributed by atoms with Gasteiger partial charge in [0.2, 0.25) is 10.0 Å². The summed E-state index contributed by atoms with van der Waals surface area (Å²) in [7, 11) is -3.55. The maximum atomic E-state index is 12.9. The van der Waals surface area contributed by atoms with E-state index >= 15 is 0 Å². The second kappa shape index (κ2) is 8.63. The summed E-state index contributed by atoms with van der Waals surface area (Å²) in [6.45, 7) is 7.24. The molecule has 1 aliphatic rings. The summed E-state index contributed by atoms with van der Waals surface area (Å²) >= 11 is 1.59.